The summed E-state index contributed by atoms with van der Waals surface area (Å²) in [5.41, 5.74) is 3.92. The second-order valence-electron chi connectivity index (χ2n) is 5.91. The van der Waals surface area contributed by atoms with Crippen LogP contribution >= 0.6 is 23.4 Å². The highest BCUT2D eigenvalue weighted by molar-refractivity contribution is 8.07. The van der Waals surface area contributed by atoms with Gasteiger partial charge in [0.25, 0.3) is 0 Å². The average molecular weight is 388 g/mol. The Morgan fingerprint density at radius 3 is 2.62 bits per heavy atom. The van der Waals surface area contributed by atoms with Crippen molar-refractivity contribution >= 4 is 29.1 Å². The van der Waals surface area contributed by atoms with Crippen molar-refractivity contribution in [3.05, 3.63) is 93.0 Å². The zero-order chi connectivity index (χ0) is 19.7. The maximum absolute atomic E-state index is 12.7. The molecule has 0 spiro atoms. The highest BCUT2D eigenvalue weighted by Crippen LogP contribution is 2.27. The molecule has 0 radical (unpaired) electrons. The summed E-state index contributed by atoms with van der Waals surface area (Å²) in [6, 6.07) is 5.67. The molecule has 0 unspecified atom stereocenters. The molecule has 0 atom stereocenters. The van der Waals surface area contributed by atoms with E-state index >= 15 is 0 Å². The van der Waals surface area contributed by atoms with E-state index in [0.29, 0.717) is 15.0 Å². The molecule has 0 amide bonds. The van der Waals surface area contributed by atoms with Crippen LogP contribution < -0.4 is 5.32 Å². The third-order valence-corrected chi connectivity index (χ3v) is 5.01. The van der Waals surface area contributed by atoms with Gasteiger partial charge in [-0.2, -0.15) is 0 Å². The Hall–Kier alpha value is -1.97. The van der Waals surface area contributed by atoms with Gasteiger partial charge in [-0.25, -0.2) is 0 Å². The van der Waals surface area contributed by atoms with E-state index in [1.807, 2.05) is 64.1 Å². The molecule has 1 rings (SSSR count). The number of benzene rings is 1. The Kier molecular flexibility index (Phi) is 9.25. The van der Waals surface area contributed by atoms with Gasteiger partial charge in [-0.3, -0.25) is 4.79 Å². The lowest BCUT2D eigenvalue weighted by atomic mass is 10.0. The predicted molar refractivity (Wildman–Crippen MR) is 116 cm³/mol. The molecule has 0 aliphatic rings. The lowest BCUT2D eigenvalue weighted by Gasteiger charge is -2.13. The van der Waals surface area contributed by atoms with Gasteiger partial charge in [-0.15, -0.1) is 0 Å². The molecule has 0 aromatic heterocycles. The molecule has 4 heteroatoms. The summed E-state index contributed by atoms with van der Waals surface area (Å²) in [6.07, 6.45) is 7.76. The van der Waals surface area contributed by atoms with Crippen LogP contribution in [0.15, 0.2) is 76.9 Å². The Labute approximate surface area is 166 Å². The van der Waals surface area contributed by atoms with Gasteiger partial charge in [0.2, 0.25) is 0 Å². The maximum Gasteiger partial charge on any atom is 0.173 e. The first-order chi connectivity index (χ1) is 12.3. The van der Waals surface area contributed by atoms with Gasteiger partial charge in [-0.1, -0.05) is 66.9 Å². The Morgan fingerprint density at radius 1 is 1.35 bits per heavy atom. The SMILES string of the molecule is C=C/C=C(C)\C=C(/C)NC(=C)S/C(=C\C)C(=O)Cc1c(C)cccc1Cl. The van der Waals surface area contributed by atoms with Gasteiger partial charge in [0.05, 0.1) is 9.93 Å². The van der Waals surface area contributed by atoms with Gasteiger partial charge in [0.1, 0.15) is 0 Å². The molecule has 138 valence electrons. The van der Waals surface area contributed by atoms with Crippen LogP contribution in [0.1, 0.15) is 31.9 Å². The van der Waals surface area contributed by atoms with Crippen molar-refractivity contribution < 1.29 is 4.79 Å². The second kappa shape index (κ2) is 10.9. The van der Waals surface area contributed by atoms with Crippen LogP contribution in [0, 0.1) is 6.92 Å². The number of carbonyl (C=O) groups is 1. The standard InChI is InChI=1S/C22H26ClNOS/c1-7-10-15(3)13-17(5)24-18(6)26-22(8-2)21(25)14-19-16(4)11-9-12-20(19)23/h7-13,24H,1,6,14H2,2-5H3/b15-10-,17-13+,22-8-. The van der Waals surface area contributed by atoms with Crippen LogP contribution in [0.4, 0.5) is 0 Å². The van der Waals surface area contributed by atoms with Gasteiger partial charge in [0.15, 0.2) is 5.78 Å². The lowest BCUT2D eigenvalue weighted by Crippen LogP contribution is -2.11. The number of halogens is 1. The fourth-order valence-corrected chi connectivity index (χ4v) is 3.47. The molecule has 0 aliphatic carbocycles. The van der Waals surface area contributed by atoms with Crippen molar-refractivity contribution in [3.63, 3.8) is 0 Å². The normalized spacial score (nSPS) is 12.7. The van der Waals surface area contributed by atoms with E-state index in [0.717, 1.165) is 22.4 Å². The summed E-state index contributed by atoms with van der Waals surface area (Å²) >= 11 is 7.58. The number of Topliss-reactive ketones (excluding diaryl/α,β-unsaturated/α-hetero) is 1. The summed E-state index contributed by atoms with van der Waals surface area (Å²) in [7, 11) is 0. The molecule has 1 aromatic carbocycles. The monoisotopic (exact) mass is 387 g/mol. The fourth-order valence-electron chi connectivity index (χ4n) is 2.40. The van der Waals surface area contributed by atoms with Crippen LogP contribution in [-0.2, 0) is 11.2 Å². The van der Waals surface area contributed by atoms with Gasteiger partial charge in [0, 0.05) is 17.1 Å². The highest BCUT2D eigenvalue weighted by Gasteiger charge is 2.15. The Balaban J connectivity index is 2.78. The molecular formula is C22H26ClNOS. The van der Waals surface area contributed by atoms with Crippen LogP contribution in [0.2, 0.25) is 5.02 Å². The molecular weight excluding hydrogens is 362 g/mol. The Morgan fingerprint density at radius 2 is 2.04 bits per heavy atom. The van der Waals surface area contributed by atoms with Crippen molar-refractivity contribution in [2.75, 3.05) is 0 Å². The van der Waals surface area contributed by atoms with E-state index in [1.54, 1.807) is 6.08 Å². The molecule has 0 saturated heterocycles. The zero-order valence-electron chi connectivity index (χ0n) is 15.9. The number of hydrogen-bond donors (Lipinski definition) is 1. The molecule has 1 N–H and O–H groups in total. The van der Waals surface area contributed by atoms with E-state index in [-0.39, 0.29) is 12.2 Å². The number of ketones is 1. The minimum Gasteiger partial charge on any atom is -0.354 e. The quantitative estimate of drug-likeness (QED) is 0.387. The van der Waals surface area contributed by atoms with Crippen LogP contribution in [0.25, 0.3) is 0 Å². The van der Waals surface area contributed by atoms with E-state index in [4.69, 9.17) is 11.6 Å². The number of nitrogens with one attached hydrogen (secondary N) is 1. The van der Waals surface area contributed by atoms with E-state index in [2.05, 4.69) is 18.5 Å². The summed E-state index contributed by atoms with van der Waals surface area (Å²) in [5, 5.41) is 4.53. The second-order valence-corrected chi connectivity index (χ2v) is 7.46. The maximum atomic E-state index is 12.7. The number of hydrogen-bond acceptors (Lipinski definition) is 3. The number of rotatable bonds is 9. The predicted octanol–water partition coefficient (Wildman–Crippen LogP) is 6.49. The topological polar surface area (TPSA) is 29.1 Å². The fraction of sp³-hybridized carbons (Fsp3) is 0.227. The van der Waals surface area contributed by atoms with Crippen molar-refractivity contribution in [1.82, 2.24) is 5.32 Å². The highest BCUT2D eigenvalue weighted by atomic mass is 35.5. The number of carbonyl (C=O) groups excluding carboxylic acids is 1. The van der Waals surface area contributed by atoms with Crippen molar-refractivity contribution in [3.8, 4) is 0 Å². The van der Waals surface area contributed by atoms with E-state index in [1.165, 1.54) is 11.8 Å². The number of thioether (sulfide) groups is 1. The molecule has 0 saturated carbocycles. The molecule has 1 aromatic rings. The first-order valence-electron chi connectivity index (χ1n) is 8.33. The third-order valence-electron chi connectivity index (χ3n) is 3.62. The van der Waals surface area contributed by atoms with Crippen molar-refractivity contribution in [2.45, 2.75) is 34.1 Å². The number of allylic oxidation sites excluding steroid dienone is 7. The Bertz CT molecular complexity index is 767. The molecule has 0 bridgehead atoms. The molecule has 0 aliphatic heterocycles. The van der Waals surface area contributed by atoms with Crippen LogP contribution in [0.5, 0.6) is 0 Å². The smallest absolute Gasteiger partial charge is 0.173 e. The van der Waals surface area contributed by atoms with Gasteiger partial charge >= 0.3 is 0 Å². The van der Waals surface area contributed by atoms with Crippen LogP contribution in [0.3, 0.4) is 0 Å². The third kappa shape index (κ3) is 7.11. The molecule has 2 nitrogen and oxygen atoms in total. The first-order valence-corrected chi connectivity index (χ1v) is 9.52. The molecule has 26 heavy (non-hydrogen) atoms. The first kappa shape index (κ1) is 22.1. The van der Waals surface area contributed by atoms with Crippen LogP contribution in [-0.4, -0.2) is 5.78 Å². The average Bonchev–Trinajstić information content (AvgIpc) is 2.55. The van der Waals surface area contributed by atoms with Crippen molar-refractivity contribution in [2.24, 2.45) is 0 Å². The summed E-state index contributed by atoms with van der Waals surface area (Å²) in [6.45, 7) is 15.5. The lowest BCUT2D eigenvalue weighted by molar-refractivity contribution is -0.114. The van der Waals surface area contributed by atoms with E-state index < -0.39 is 0 Å². The largest absolute Gasteiger partial charge is 0.354 e. The number of aryl methyl sites for hydroxylation is 1. The molecule has 0 heterocycles. The van der Waals surface area contributed by atoms with Gasteiger partial charge in [-0.05, 0) is 56.5 Å². The molecule has 0 fully saturated rings. The minimum absolute atomic E-state index is 0.0287. The minimum atomic E-state index is 0.0287. The van der Waals surface area contributed by atoms with Crippen molar-refractivity contribution in [1.29, 1.82) is 0 Å². The van der Waals surface area contributed by atoms with E-state index in [9.17, 15) is 4.79 Å². The summed E-state index contributed by atoms with van der Waals surface area (Å²) in [4.78, 5) is 13.3. The van der Waals surface area contributed by atoms with Gasteiger partial charge < -0.3 is 5.32 Å². The summed E-state index contributed by atoms with van der Waals surface area (Å²) in [5.74, 6) is 0.0287. The summed E-state index contributed by atoms with van der Waals surface area (Å²) < 4.78 is 0. The zero-order valence-corrected chi connectivity index (χ0v) is 17.4.